The molecule has 2 saturated heterocycles. The number of ether oxygens (including phenoxy) is 1. The molecule has 1 unspecified atom stereocenters. The normalized spacial score (nSPS) is 22.0. The van der Waals surface area contributed by atoms with Crippen LogP contribution in [0.2, 0.25) is 0 Å². The number of piperidine rings is 1. The van der Waals surface area contributed by atoms with Crippen LogP contribution < -0.4 is 0 Å². The summed E-state index contributed by atoms with van der Waals surface area (Å²) in [7, 11) is 0. The molecule has 23 heavy (non-hydrogen) atoms. The smallest absolute Gasteiger partial charge is 0.253 e. The van der Waals surface area contributed by atoms with Crippen LogP contribution in [0.25, 0.3) is 0 Å². The average Bonchev–Trinajstić information content (AvgIpc) is 2.61. The van der Waals surface area contributed by atoms with E-state index in [1.807, 2.05) is 41.0 Å². The topological polar surface area (TPSA) is 49.9 Å². The molecule has 124 valence electrons. The molecule has 0 bridgehead atoms. The van der Waals surface area contributed by atoms with Gasteiger partial charge in [-0.2, -0.15) is 0 Å². The fourth-order valence-corrected chi connectivity index (χ4v) is 3.37. The zero-order valence-electron chi connectivity index (χ0n) is 13.7. The van der Waals surface area contributed by atoms with Crippen molar-refractivity contribution in [2.24, 2.45) is 5.92 Å². The lowest BCUT2D eigenvalue weighted by Crippen LogP contribution is -2.49. The minimum Gasteiger partial charge on any atom is -0.378 e. The van der Waals surface area contributed by atoms with E-state index >= 15 is 0 Å². The van der Waals surface area contributed by atoms with Gasteiger partial charge in [0, 0.05) is 31.7 Å². The molecule has 5 nitrogen and oxygen atoms in total. The third-order valence-electron chi connectivity index (χ3n) is 4.65. The van der Waals surface area contributed by atoms with Crippen LogP contribution in [0.5, 0.6) is 0 Å². The molecule has 5 heteroatoms. The lowest BCUT2D eigenvalue weighted by Gasteiger charge is -2.36. The summed E-state index contributed by atoms with van der Waals surface area (Å²) < 4.78 is 5.31. The van der Waals surface area contributed by atoms with Crippen molar-refractivity contribution in [3.63, 3.8) is 0 Å². The van der Waals surface area contributed by atoms with Crippen LogP contribution in [-0.4, -0.2) is 61.0 Å². The van der Waals surface area contributed by atoms with E-state index in [-0.39, 0.29) is 17.7 Å². The molecule has 2 aliphatic rings. The summed E-state index contributed by atoms with van der Waals surface area (Å²) in [6.07, 6.45) is 1.76. The third-order valence-corrected chi connectivity index (χ3v) is 4.65. The molecule has 1 aromatic carbocycles. The van der Waals surface area contributed by atoms with Gasteiger partial charge < -0.3 is 14.5 Å². The van der Waals surface area contributed by atoms with Gasteiger partial charge in [0.05, 0.1) is 19.1 Å². The minimum absolute atomic E-state index is 0.0353. The summed E-state index contributed by atoms with van der Waals surface area (Å²) >= 11 is 0. The summed E-state index contributed by atoms with van der Waals surface area (Å²) in [5, 5.41) is 0. The highest BCUT2D eigenvalue weighted by atomic mass is 16.5. The Morgan fingerprint density at radius 1 is 1.13 bits per heavy atom. The number of carbonyl (C=O) groups is 2. The van der Waals surface area contributed by atoms with Crippen LogP contribution >= 0.6 is 0 Å². The van der Waals surface area contributed by atoms with E-state index in [9.17, 15) is 9.59 Å². The summed E-state index contributed by atoms with van der Waals surface area (Å²) in [5.41, 5.74) is 1.79. The summed E-state index contributed by atoms with van der Waals surface area (Å²) in [6.45, 7) is 5.82. The Labute approximate surface area is 137 Å². The Morgan fingerprint density at radius 3 is 2.65 bits per heavy atom. The molecule has 0 radical (unpaired) electrons. The molecule has 0 N–H and O–H groups in total. The van der Waals surface area contributed by atoms with Crippen molar-refractivity contribution >= 4 is 11.8 Å². The van der Waals surface area contributed by atoms with E-state index in [0.717, 1.165) is 24.9 Å². The molecule has 2 heterocycles. The predicted molar refractivity (Wildman–Crippen MR) is 87.2 cm³/mol. The van der Waals surface area contributed by atoms with Gasteiger partial charge in [0.15, 0.2) is 0 Å². The van der Waals surface area contributed by atoms with Crippen molar-refractivity contribution < 1.29 is 14.3 Å². The molecule has 0 aromatic heterocycles. The average molecular weight is 316 g/mol. The minimum atomic E-state index is -0.0735. The number of morpholine rings is 1. The first-order valence-corrected chi connectivity index (χ1v) is 8.37. The lowest BCUT2D eigenvalue weighted by molar-refractivity contribution is -0.141. The van der Waals surface area contributed by atoms with Crippen molar-refractivity contribution in [2.45, 2.75) is 19.8 Å². The number of hydrogen-bond donors (Lipinski definition) is 0. The summed E-state index contributed by atoms with van der Waals surface area (Å²) in [6, 6.07) is 7.65. The molecule has 2 aliphatic heterocycles. The Hall–Kier alpha value is -1.88. The van der Waals surface area contributed by atoms with E-state index in [1.54, 1.807) is 0 Å². The van der Waals surface area contributed by atoms with E-state index in [2.05, 4.69) is 0 Å². The maximum atomic E-state index is 12.7. The largest absolute Gasteiger partial charge is 0.378 e. The highest BCUT2D eigenvalue weighted by Gasteiger charge is 2.32. The summed E-state index contributed by atoms with van der Waals surface area (Å²) in [5.74, 6) is 0.138. The maximum Gasteiger partial charge on any atom is 0.253 e. The van der Waals surface area contributed by atoms with Crippen molar-refractivity contribution in [1.82, 2.24) is 9.80 Å². The van der Waals surface area contributed by atoms with Crippen molar-refractivity contribution in [3.05, 3.63) is 35.4 Å². The van der Waals surface area contributed by atoms with E-state index in [4.69, 9.17) is 4.74 Å². The number of benzene rings is 1. The second kappa shape index (κ2) is 7.13. The molecule has 1 atom stereocenters. The van der Waals surface area contributed by atoms with Gasteiger partial charge in [0.1, 0.15) is 0 Å². The molecule has 3 rings (SSSR count). The summed E-state index contributed by atoms with van der Waals surface area (Å²) in [4.78, 5) is 29.0. The van der Waals surface area contributed by atoms with Gasteiger partial charge >= 0.3 is 0 Å². The number of amides is 2. The second-order valence-electron chi connectivity index (χ2n) is 6.40. The maximum absolute atomic E-state index is 12.7. The Morgan fingerprint density at radius 2 is 1.91 bits per heavy atom. The molecule has 2 amide bonds. The van der Waals surface area contributed by atoms with Crippen LogP contribution in [0.3, 0.4) is 0 Å². The van der Waals surface area contributed by atoms with Crippen molar-refractivity contribution in [2.75, 3.05) is 39.4 Å². The van der Waals surface area contributed by atoms with Gasteiger partial charge in [0.25, 0.3) is 5.91 Å². The Kier molecular flexibility index (Phi) is 4.96. The number of nitrogens with zero attached hydrogens (tertiary/aromatic N) is 2. The van der Waals surface area contributed by atoms with Crippen LogP contribution in [0, 0.1) is 12.8 Å². The van der Waals surface area contributed by atoms with Gasteiger partial charge in [-0.15, -0.1) is 0 Å². The molecule has 1 aromatic rings. The Bertz CT molecular complexity index is 581. The number of rotatable bonds is 2. The molecular formula is C18H24N2O3. The highest BCUT2D eigenvalue weighted by molar-refractivity contribution is 5.95. The molecule has 0 spiro atoms. The first kappa shape index (κ1) is 16.0. The van der Waals surface area contributed by atoms with Crippen LogP contribution in [0.15, 0.2) is 24.3 Å². The monoisotopic (exact) mass is 316 g/mol. The highest BCUT2D eigenvalue weighted by Crippen LogP contribution is 2.21. The van der Waals surface area contributed by atoms with Gasteiger partial charge in [-0.1, -0.05) is 17.7 Å². The number of likely N-dealkylation sites (tertiary alicyclic amines) is 1. The second-order valence-corrected chi connectivity index (χ2v) is 6.40. The van der Waals surface area contributed by atoms with Gasteiger partial charge in [-0.3, -0.25) is 9.59 Å². The molecule has 0 saturated carbocycles. The third kappa shape index (κ3) is 3.72. The molecule has 2 fully saturated rings. The van der Waals surface area contributed by atoms with Crippen molar-refractivity contribution in [1.29, 1.82) is 0 Å². The van der Waals surface area contributed by atoms with Gasteiger partial charge in [0.2, 0.25) is 5.91 Å². The SMILES string of the molecule is Cc1cccc(C(=O)N2CCCC(C(=O)N3CCOCC3)C2)c1. The van der Waals surface area contributed by atoms with Gasteiger partial charge in [-0.25, -0.2) is 0 Å². The number of carbonyl (C=O) groups excluding carboxylic acids is 2. The zero-order chi connectivity index (χ0) is 16.2. The predicted octanol–water partition coefficient (Wildman–Crippen LogP) is 1.71. The number of hydrogen-bond acceptors (Lipinski definition) is 3. The molecular weight excluding hydrogens is 292 g/mol. The standard InChI is InChI=1S/C18H24N2O3/c1-14-4-2-5-15(12-14)17(21)20-7-3-6-16(13-20)18(22)19-8-10-23-11-9-19/h2,4-5,12,16H,3,6-11,13H2,1H3. The van der Waals surface area contributed by atoms with Gasteiger partial charge in [-0.05, 0) is 31.9 Å². The van der Waals surface area contributed by atoms with Crippen molar-refractivity contribution in [3.8, 4) is 0 Å². The Balaban J connectivity index is 1.65. The molecule has 0 aliphatic carbocycles. The van der Waals surface area contributed by atoms with Crippen LogP contribution in [-0.2, 0) is 9.53 Å². The number of aryl methyl sites for hydroxylation is 1. The van der Waals surface area contributed by atoms with E-state index in [0.29, 0.717) is 38.4 Å². The van der Waals surface area contributed by atoms with Crippen LogP contribution in [0.4, 0.5) is 0 Å². The van der Waals surface area contributed by atoms with E-state index < -0.39 is 0 Å². The quantitative estimate of drug-likeness (QED) is 0.834. The first-order valence-electron chi connectivity index (χ1n) is 8.37. The van der Waals surface area contributed by atoms with E-state index in [1.165, 1.54) is 0 Å². The first-order chi connectivity index (χ1) is 11.1. The van der Waals surface area contributed by atoms with Crippen LogP contribution in [0.1, 0.15) is 28.8 Å². The fourth-order valence-electron chi connectivity index (χ4n) is 3.37. The zero-order valence-corrected chi connectivity index (χ0v) is 13.7. The fraction of sp³-hybridized carbons (Fsp3) is 0.556. The lowest BCUT2D eigenvalue weighted by atomic mass is 9.95.